The van der Waals surface area contributed by atoms with Gasteiger partial charge >= 0.3 is 0 Å². The first kappa shape index (κ1) is 15.5. The minimum atomic E-state index is 0.0624. The van der Waals surface area contributed by atoms with Crippen molar-refractivity contribution in [3.05, 3.63) is 35.5 Å². The molecule has 1 aliphatic heterocycles. The molecule has 2 aromatic rings. The molecule has 0 saturated carbocycles. The molecule has 0 bridgehead atoms. The fourth-order valence-corrected chi connectivity index (χ4v) is 3.16. The molecular weight excluding hydrogens is 288 g/mol. The number of aromatic nitrogens is 2. The highest BCUT2D eigenvalue weighted by atomic mass is 15.4. The van der Waals surface area contributed by atoms with Crippen LogP contribution >= 0.6 is 0 Å². The summed E-state index contributed by atoms with van der Waals surface area (Å²) in [7, 11) is 0. The monoisotopic (exact) mass is 310 g/mol. The maximum absolute atomic E-state index is 9.47. The molecule has 3 rings (SSSR count). The average Bonchev–Trinajstić information content (AvgIpc) is 3.17. The van der Waals surface area contributed by atoms with Gasteiger partial charge in [0.2, 0.25) is 0 Å². The number of rotatable bonds is 4. The van der Waals surface area contributed by atoms with Gasteiger partial charge in [-0.15, -0.1) is 0 Å². The van der Waals surface area contributed by atoms with Crippen molar-refractivity contribution in [3.8, 4) is 17.5 Å². The normalized spacial score (nSPS) is 20.8. The average molecular weight is 310 g/mol. The smallest absolute Gasteiger partial charge is 0.142 e. The lowest BCUT2D eigenvalue weighted by Gasteiger charge is -2.15. The summed E-state index contributed by atoms with van der Waals surface area (Å²) in [6, 6.07) is 8.48. The Labute approximate surface area is 136 Å². The van der Waals surface area contributed by atoms with E-state index in [1.165, 1.54) is 0 Å². The largest absolute Gasteiger partial charge is 0.383 e. The van der Waals surface area contributed by atoms with Crippen molar-refractivity contribution in [2.75, 3.05) is 5.73 Å². The molecule has 0 amide bonds. The van der Waals surface area contributed by atoms with Crippen molar-refractivity contribution in [3.63, 3.8) is 0 Å². The second kappa shape index (κ2) is 6.41. The van der Waals surface area contributed by atoms with Gasteiger partial charge in [-0.1, -0.05) is 13.8 Å². The Hall–Kier alpha value is -2.36. The van der Waals surface area contributed by atoms with Gasteiger partial charge in [0.25, 0.3) is 0 Å². The summed E-state index contributed by atoms with van der Waals surface area (Å²) >= 11 is 0. The summed E-state index contributed by atoms with van der Waals surface area (Å²) in [5.74, 6) is 0.907. The van der Waals surface area contributed by atoms with E-state index >= 15 is 0 Å². The van der Waals surface area contributed by atoms with Crippen LogP contribution in [0.4, 0.5) is 5.82 Å². The molecule has 2 atom stereocenters. The molecule has 1 fully saturated rings. The number of hydrazine groups is 1. The number of nitrogen functional groups attached to an aromatic ring is 1. The second-order valence-electron chi connectivity index (χ2n) is 6.46. The molecule has 1 saturated heterocycles. The Morgan fingerprint density at radius 2 is 2.26 bits per heavy atom. The van der Waals surface area contributed by atoms with Crippen molar-refractivity contribution in [1.82, 2.24) is 20.8 Å². The summed E-state index contributed by atoms with van der Waals surface area (Å²) in [6.07, 6.45) is 3.87. The lowest BCUT2D eigenvalue weighted by atomic mass is 9.94. The van der Waals surface area contributed by atoms with Crippen molar-refractivity contribution >= 4 is 5.82 Å². The number of nitrogens with zero attached hydrogens (tertiary/aromatic N) is 2. The Morgan fingerprint density at radius 3 is 2.91 bits per heavy atom. The van der Waals surface area contributed by atoms with Gasteiger partial charge in [0, 0.05) is 18.3 Å². The summed E-state index contributed by atoms with van der Waals surface area (Å²) in [5.41, 5.74) is 15.7. The number of hydrogen-bond donors (Lipinski definition) is 4. The quantitative estimate of drug-likeness (QED) is 0.695. The van der Waals surface area contributed by atoms with Gasteiger partial charge in [0.15, 0.2) is 0 Å². The minimum Gasteiger partial charge on any atom is -0.383 e. The molecule has 23 heavy (non-hydrogen) atoms. The molecule has 0 radical (unpaired) electrons. The highest BCUT2D eigenvalue weighted by molar-refractivity contribution is 5.64. The van der Waals surface area contributed by atoms with Gasteiger partial charge in [-0.05, 0) is 42.5 Å². The second-order valence-corrected chi connectivity index (χ2v) is 6.46. The predicted molar refractivity (Wildman–Crippen MR) is 90.0 cm³/mol. The van der Waals surface area contributed by atoms with Gasteiger partial charge in [0.05, 0.1) is 17.0 Å². The topological polar surface area (TPSA) is 103 Å². The van der Waals surface area contributed by atoms with Gasteiger partial charge < -0.3 is 10.7 Å². The minimum absolute atomic E-state index is 0.0624. The number of hydrogen-bond acceptors (Lipinski definition) is 5. The summed E-state index contributed by atoms with van der Waals surface area (Å²) in [5, 5.41) is 9.47. The first-order valence-corrected chi connectivity index (χ1v) is 7.93. The highest BCUT2D eigenvalue weighted by Crippen LogP contribution is 2.32. The van der Waals surface area contributed by atoms with E-state index in [0.717, 1.165) is 29.8 Å². The summed E-state index contributed by atoms with van der Waals surface area (Å²) in [4.78, 5) is 7.50. The van der Waals surface area contributed by atoms with E-state index in [1.54, 1.807) is 0 Å². The molecule has 120 valence electrons. The molecule has 2 aromatic heterocycles. The zero-order chi connectivity index (χ0) is 16.4. The Kier molecular flexibility index (Phi) is 4.33. The number of nitrogens with two attached hydrogens (primary N) is 1. The lowest BCUT2D eigenvalue weighted by molar-refractivity contribution is 0.446. The van der Waals surface area contributed by atoms with E-state index in [2.05, 4.69) is 40.7 Å². The van der Waals surface area contributed by atoms with Crippen LogP contribution in [-0.2, 0) is 0 Å². The molecule has 0 spiro atoms. The van der Waals surface area contributed by atoms with Crippen LogP contribution in [0.25, 0.3) is 11.4 Å². The van der Waals surface area contributed by atoms with E-state index in [9.17, 15) is 5.26 Å². The maximum Gasteiger partial charge on any atom is 0.142 e. The van der Waals surface area contributed by atoms with Gasteiger partial charge in [-0.25, -0.2) is 10.4 Å². The van der Waals surface area contributed by atoms with Crippen LogP contribution in [0.1, 0.15) is 43.9 Å². The third-order valence-electron chi connectivity index (χ3n) is 4.18. The number of H-pyrrole nitrogens is 1. The van der Waals surface area contributed by atoms with Crippen LogP contribution in [0, 0.1) is 17.2 Å². The molecule has 5 N–H and O–H groups in total. The third-order valence-corrected chi connectivity index (χ3v) is 4.18. The van der Waals surface area contributed by atoms with Crippen molar-refractivity contribution in [2.24, 2.45) is 5.92 Å². The highest BCUT2D eigenvalue weighted by Gasteiger charge is 2.28. The van der Waals surface area contributed by atoms with Crippen molar-refractivity contribution in [1.29, 1.82) is 5.26 Å². The molecule has 3 heterocycles. The van der Waals surface area contributed by atoms with Gasteiger partial charge in [0.1, 0.15) is 11.9 Å². The standard InChI is InChI=1S/C17H22N6/c1-10(2)6-11-7-15(23-22-11)12-8-16(14-4-3-5-20-14)21-17(19)13(12)9-18/h3-5,8,10-11,15,20,22-23H,6-7H2,1-2H3,(H2,19,21). The number of anilines is 1. The molecule has 6 nitrogen and oxygen atoms in total. The molecule has 1 aliphatic rings. The van der Waals surface area contributed by atoms with Crippen molar-refractivity contribution < 1.29 is 0 Å². The summed E-state index contributed by atoms with van der Waals surface area (Å²) < 4.78 is 0. The number of aromatic amines is 1. The van der Waals surface area contributed by atoms with E-state index < -0.39 is 0 Å². The first-order chi connectivity index (χ1) is 11.1. The van der Waals surface area contributed by atoms with E-state index in [4.69, 9.17) is 5.73 Å². The maximum atomic E-state index is 9.47. The molecule has 0 aromatic carbocycles. The summed E-state index contributed by atoms with van der Waals surface area (Å²) in [6.45, 7) is 4.42. The molecule has 6 heteroatoms. The van der Waals surface area contributed by atoms with Gasteiger partial charge in [-0.3, -0.25) is 5.43 Å². The Balaban J connectivity index is 1.93. The first-order valence-electron chi connectivity index (χ1n) is 7.93. The fourth-order valence-electron chi connectivity index (χ4n) is 3.16. The van der Waals surface area contributed by atoms with E-state index in [1.807, 2.05) is 24.4 Å². The number of nitriles is 1. The molecule has 2 unspecified atom stereocenters. The number of nitrogens with one attached hydrogen (secondary N) is 3. The Bertz CT molecular complexity index is 713. The van der Waals surface area contributed by atoms with Crippen LogP contribution in [0.15, 0.2) is 24.4 Å². The fraction of sp³-hybridized carbons (Fsp3) is 0.412. The van der Waals surface area contributed by atoms with Crippen LogP contribution in [0.3, 0.4) is 0 Å². The lowest BCUT2D eigenvalue weighted by Crippen LogP contribution is -2.31. The van der Waals surface area contributed by atoms with Crippen molar-refractivity contribution in [2.45, 2.75) is 38.8 Å². The molecular formula is C17H22N6. The Morgan fingerprint density at radius 1 is 1.43 bits per heavy atom. The third kappa shape index (κ3) is 3.21. The van der Waals surface area contributed by atoms with Crippen LogP contribution in [-0.4, -0.2) is 16.0 Å². The SMILES string of the molecule is CC(C)CC1CC(c2cc(-c3ccc[nH]3)nc(N)c2C#N)NN1. The predicted octanol–water partition coefficient (Wildman–Crippen LogP) is 2.48. The van der Waals surface area contributed by atoms with Crippen LogP contribution < -0.4 is 16.6 Å². The zero-order valence-electron chi connectivity index (χ0n) is 13.4. The van der Waals surface area contributed by atoms with Gasteiger partial charge in [-0.2, -0.15) is 5.26 Å². The van der Waals surface area contributed by atoms with E-state index in [0.29, 0.717) is 17.5 Å². The number of pyridine rings is 1. The van der Waals surface area contributed by atoms with E-state index in [-0.39, 0.29) is 11.9 Å². The zero-order valence-corrected chi connectivity index (χ0v) is 13.4. The van der Waals surface area contributed by atoms with Crippen LogP contribution in [0.2, 0.25) is 0 Å². The van der Waals surface area contributed by atoms with Crippen LogP contribution in [0.5, 0.6) is 0 Å². The molecule has 0 aliphatic carbocycles.